The third kappa shape index (κ3) is 4.10. The minimum atomic E-state index is -3.85. The van der Waals surface area contributed by atoms with Gasteiger partial charge in [-0.25, -0.2) is 13.2 Å². The molecular formula is C13H17Cl2NO4S. The summed E-state index contributed by atoms with van der Waals surface area (Å²) in [4.78, 5) is 10.9. The molecule has 0 fully saturated rings. The number of rotatable bonds is 7. The zero-order chi connectivity index (χ0) is 16.2. The summed E-state index contributed by atoms with van der Waals surface area (Å²) in [5.74, 6) is -1.30. The lowest BCUT2D eigenvalue weighted by Crippen LogP contribution is -2.32. The molecule has 0 heterocycles. The third-order valence-electron chi connectivity index (χ3n) is 2.98. The minimum absolute atomic E-state index is 0.0834. The summed E-state index contributed by atoms with van der Waals surface area (Å²) in [6, 6.07) is 2.16. The molecule has 0 amide bonds. The molecule has 21 heavy (non-hydrogen) atoms. The Balaban J connectivity index is 3.36. The standard InChI is InChI=1S/C13H17Cl2NO4S/c1-3-5-6-16(4-2)21(19,20)12-7-9(13(17)18)10(14)8-11(12)15/h7-8H,3-6H2,1-2H3,(H,17,18). The van der Waals surface area contributed by atoms with Gasteiger partial charge in [-0.3, -0.25) is 0 Å². The monoisotopic (exact) mass is 353 g/mol. The second-order valence-electron chi connectivity index (χ2n) is 4.42. The van der Waals surface area contributed by atoms with E-state index in [4.69, 9.17) is 28.3 Å². The Hall–Kier alpha value is -0.820. The quantitative estimate of drug-likeness (QED) is 0.813. The summed E-state index contributed by atoms with van der Waals surface area (Å²) in [6.07, 6.45) is 1.56. The molecule has 0 aromatic heterocycles. The van der Waals surface area contributed by atoms with E-state index in [1.165, 1.54) is 4.31 Å². The van der Waals surface area contributed by atoms with Crippen LogP contribution in [0.4, 0.5) is 0 Å². The maximum absolute atomic E-state index is 12.6. The molecule has 0 spiro atoms. The van der Waals surface area contributed by atoms with Gasteiger partial charge >= 0.3 is 5.97 Å². The van der Waals surface area contributed by atoms with Crippen molar-refractivity contribution in [1.82, 2.24) is 4.31 Å². The number of unbranched alkanes of at least 4 members (excludes halogenated alkanes) is 1. The molecule has 0 unspecified atom stereocenters. The van der Waals surface area contributed by atoms with Gasteiger partial charge in [-0.15, -0.1) is 0 Å². The van der Waals surface area contributed by atoms with E-state index in [9.17, 15) is 13.2 Å². The maximum atomic E-state index is 12.6. The molecule has 8 heteroatoms. The van der Waals surface area contributed by atoms with Crippen molar-refractivity contribution in [2.24, 2.45) is 0 Å². The molecule has 5 nitrogen and oxygen atoms in total. The molecule has 1 N–H and O–H groups in total. The molecule has 1 rings (SSSR count). The lowest BCUT2D eigenvalue weighted by atomic mass is 10.2. The van der Waals surface area contributed by atoms with Gasteiger partial charge in [0.25, 0.3) is 0 Å². The van der Waals surface area contributed by atoms with E-state index < -0.39 is 16.0 Å². The fraction of sp³-hybridized carbons (Fsp3) is 0.462. The number of hydrogen-bond acceptors (Lipinski definition) is 3. The van der Waals surface area contributed by atoms with Crippen LogP contribution in [0.15, 0.2) is 17.0 Å². The second kappa shape index (κ2) is 7.45. The SMILES string of the molecule is CCCCN(CC)S(=O)(=O)c1cc(C(=O)O)c(Cl)cc1Cl. The van der Waals surface area contributed by atoms with Gasteiger partial charge in [0.15, 0.2) is 0 Å². The van der Waals surface area contributed by atoms with Crippen molar-refractivity contribution in [3.8, 4) is 0 Å². The Labute approximate surface area is 134 Å². The molecular weight excluding hydrogens is 337 g/mol. The summed E-state index contributed by atoms with van der Waals surface area (Å²) in [5, 5.41) is 8.87. The first-order chi connectivity index (χ1) is 9.75. The summed E-state index contributed by atoms with van der Waals surface area (Å²) >= 11 is 11.7. The van der Waals surface area contributed by atoms with E-state index in [1.54, 1.807) is 6.92 Å². The molecule has 0 aliphatic carbocycles. The summed E-state index contributed by atoms with van der Waals surface area (Å²) in [7, 11) is -3.85. The summed E-state index contributed by atoms with van der Waals surface area (Å²) in [5.41, 5.74) is -0.286. The van der Waals surface area contributed by atoms with Crippen molar-refractivity contribution < 1.29 is 18.3 Å². The number of aromatic carboxylic acids is 1. The van der Waals surface area contributed by atoms with Crippen LogP contribution in [0.3, 0.4) is 0 Å². The van der Waals surface area contributed by atoms with Gasteiger partial charge in [-0.05, 0) is 18.6 Å². The number of hydrogen-bond donors (Lipinski definition) is 1. The van der Waals surface area contributed by atoms with Crippen LogP contribution in [0, 0.1) is 0 Å². The fourth-order valence-electron chi connectivity index (χ4n) is 1.81. The normalized spacial score (nSPS) is 11.9. The van der Waals surface area contributed by atoms with Gasteiger partial charge in [0.05, 0.1) is 15.6 Å². The molecule has 0 aliphatic rings. The zero-order valence-corrected chi connectivity index (χ0v) is 14.1. The van der Waals surface area contributed by atoms with Crippen molar-refractivity contribution in [3.63, 3.8) is 0 Å². The van der Waals surface area contributed by atoms with E-state index in [0.717, 1.165) is 18.6 Å². The van der Waals surface area contributed by atoms with E-state index in [2.05, 4.69) is 0 Å². The van der Waals surface area contributed by atoms with Crippen molar-refractivity contribution >= 4 is 39.2 Å². The van der Waals surface area contributed by atoms with Crippen LogP contribution < -0.4 is 0 Å². The number of carboxylic acids is 1. The fourth-order valence-corrected chi connectivity index (χ4v) is 4.13. The van der Waals surface area contributed by atoms with Gasteiger partial charge < -0.3 is 5.11 Å². The Morgan fingerprint density at radius 2 is 1.86 bits per heavy atom. The zero-order valence-electron chi connectivity index (χ0n) is 11.8. The number of benzene rings is 1. The molecule has 0 atom stereocenters. The van der Waals surface area contributed by atoms with Gasteiger partial charge in [0, 0.05) is 13.1 Å². The Kier molecular flexibility index (Phi) is 6.46. The lowest BCUT2D eigenvalue weighted by molar-refractivity contribution is 0.0697. The Morgan fingerprint density at radius 3 is 2.33 bits per heavy atom. The van der Waals surface area contributed by atoms with Gasteiger partial charge in [0.2, 0.25) is 10.0 Å². The van der Waals surface area contributed by atoms with Crippen LogP contribution in [0.2, 0.25) is 10.0 Å². The molecule has 0 bridgehead atoms. The van der Waals surface area contributed by atoms with Gasteiger partial charge in [0.1, 0.15) is 4.90 Å². The van der Waals surface area contributed by atoms with Crippen molar-refractivity contribution in [2.75, 3.05) is 13.1 Å². The molecule has 0 saturated carbocycles. The minimum Gasteiger partial charge on any atom is -0.478 e. The van der Waals surface area contributed by atoms with Crippen molar-refractivity contribution in [2.45, 2.75) is 31.6 Å². The van der Waals surface area contributed by atoms with Crippen LogP contribution >= 0.6 is 23.2 Å². The topological polar surface area (TPSA) is 74.7 Å². The van der Waals surface area contributed by atoms with Crippen LogP contribution in [0.5, 0.6) is 0 Å². The summed E-state index contributed by atoms with van der Waals surface area (Å²) in [6.45, 7) is 4.31. The van der Waals surface area contributed by atoms with E-state index in [-0.39, 0.29) is 27.0 Å². The number of nitrogens with zero attached hydrogens (tertiary/aromatic N) is 1. The molecule has 0 aliphatic heterocycles. The smallest absolute Gasteiger partial charge is 0.337 e. The molecule has 1 aromatic carbocycles. The highest BCUT2D eigenvalue weighted by Crippen LogP contribution is 2.30. The first-order valence-corrected chi connectivity index (χ1v) is 8.67. The second-order valence-corrected chi connectivity index (χ2v) is 7.14. The number of halogens is 2. The van der Waals surface area contributed by atoms with Crippen LogP contribution in [-0.2, 0) is 10.0 Å². The van der Waals surface area contributed by atoms with Gasteiger partial charge in [-0.2, -0.15) is 4.31 Å². The predicted octanol–water partition coefficient (Wildman–Crippen LogP) is 3.50. The van der Waals surface area contributed by atoms with Crippen LogP contribution in [0.25, 0.3) is 0 Å². The average molecular weight is 354 g/mol. The number of carboxylic acid groups (broad SMARTS) is 1. The predicted molar refractivity (Wildman–Crippen MR) is 82.8 cm³/mol. The molecule has 0 radical (unpaired) electrons. The Morgan fingerprint density at radius 1 is 1.24 bits per heavy atom. The number of sulfonamides is 1. The van der Waals surface area contributed by atoms with Crippen LogP contribution in [-0.4, -0.2) is 36.9 Å². The summed E-state index contributed by atoms with van der Waals surface area (Å²) < 4.78 is 26.4. The van der Waals surface area contributed by atoms with E-state index in [1.807, 2.05) is 6.92 Å². The average Bonchev–Trinajstić information content (AvgIpc) is 2.38. The first-order valence-electron chi connectivity index (χ1n) is 6.48. The molecule has 118 valence electrons. The molecule has 1 aromatic rings. The highest BCUT2D eigenvalue weighted by molar-refractivity contribution is 7.89. The van der Waals surface area contributed by atoms with E-state index >= 15 is 0 Å². The first kappa shape index (κ1) is 18.2. The Bertz CT molecular complexity index is 631. The van der Waals surface area contributed by atoms with Crippen molar-refractivity contribution in [1.29, 1.82) is 0 Å². The largest absolute Gasteiger partial charge is 0.478 e. The molecule has 0 saturated heterocycles. The van der Waals surface area contributed by atoms with Gasteiger partial charge in [-0.1, -0.05) is 43.5 Å². The van der Waals surface area contributed by atoms with Crippen molar-refractivity contribution in [3.05, 3.63) is 27.7 Å². The highest BCUT2D eigenvalue weighted by atomic mass is 35.5. The number of carbonyl (C=O) groups is 1. The van der Waals surface area contributed by atoms with Crippen LogP contribution in [0.1, 0.15) is 37.0 Å². The van der Waals surface area contributed by atoms with E-state index in [0.29, 0.717) is 13.0 Å². The maximum Gasteiger partial charge on any atom is 0.337 e. The third-order valence-corrected chi connectivity index (χ3v) is 5.74. The highest BCUT2D eigenvalue weighted by Gasteiger charge is 2.27. The lowest BCUT2D eigenvalue weighted by Gasteiger charge is -2.21.